The number of aliphatic hydroxyl groups excluding tert-OH is 1. The van der Waals surface area contributed by atoms with E-state index in [0.717, 1.165) is 12.0 Å². The summed E-state index contributed by atoms with van der Waals surface area (Å²) in [4.78, 5) is 46.5. The summed E-state index contributed by atoms with van der Waals surface area (Å²) in [5.41, 5.74) is 2.09. The van der Waals surface area contributed by atoms with E-state index in [9.17, 15) is 14.7 Å². The number of rotatable bonds is 12. The van der Waals surface area contributed by atoms with Gasteiger partial charge in [-0.2, -0.15) is 0 Å². The Kier molecular flexibility index (Phi) is 9.40. The molecule has 2 bridgehead atoms. The second kappa shape index (κ2) is 12.9. The predicted molar refractivity (Wildman–Crippen MR) is 171 cm³/mol. The minimum absolute atomic E-state index is 0.0479. The lowest BCUT2D eigenvalue weighted by Crippen LogP contribution is -2.58. The number of allylic oxidation sites excluding steroid dienone is 1. The van der Waals surface area contributed by atoms with Gasteiger partial charge < -0.3 is 19.6 Å². The molecule has 2 amide bonds. The van der Waals surface area contributed by atoms with Gasteiger partial charge in [0, 0.05) is 11.8 Å². The van der Waals surface area contributed by atoms with Crippen molar-refractivity contribution in [2.45, 2.75) is 55.2 Å². The highest BCUT2D eigenvalue weighted by molar-refractivity contribution is 8.02. The summed E-state index contributed by atoms with van der Waals surface area (Å²) in [6, 6.07) is 13.0. The predicted octanol–water partition coefficient (Wildman–Crippen LogP) is 5.75. The number of anilines is 1. The topological polar surface area (TPSA) is 87.1 Å². The maximum atomic E-state index is 15.0. The van der Waals surface area contributed by atoms with Gasteiger partial charge in [0.05, 0.1) is 46.5 Å². The van der Waals surface area contributed by atoms with Crippen molar-refractivity contribution in [1.82, 2.24) is 4.90 Å². The number of unbranched alkanes of at least 4 members (excludes halogenated alkanes) is 1. The Balaban J connectivity index is 1.64. The molecule has 5 rings (SSSR count). The van der Waals surface area contributed by atoms with Crippen molar-refractivity contribution in [2.75, 3.05) is 24.7 Å². The van der Waals surface area contributed by atoms with Crippen LogP contribution >= 0.6 is 23.4 Å². The molecule has 3 unspecified atom stereocenters. The van der Waals surface area contributed by atoms with E-state index in [2.05, 4.69) is 20.1 Å². The van der Waals surface area contributed by atoms with Gasteiger partial charge in [0.15, 0.2) is 0 Å². The highest BCUT2D eigenvalue weighted by Gasteiger charge is 2.77. The number of hydrogen-bond donors (Lipinski definition) is 1. The first kappa shape index (κ1) is 31.4. The van der Waals surface area contributed by atoms with Crippen molar-refractivity contribution >= 4 is 46.8 Å². The van der Waals surface area contributed by atoms with Gasteiger partial charge in [-0.05, 0) is 49.3 Å². The molecule has 3 aliphatic heterocycles. The standard InChI is InChI=1S/C34H39ClN2O5S/c1-5-7-11-18-42-33(41)27-26-19-22(4)34(43-26)28(27)31(39)37(25(20-38)23-14-9-8-10-15-23)30(34)32(40)36(17-6-2)29-21(3)13-12-16-24(29)35/h5-6,8-10,12-16,22,25-28,30,38H,1-2,7,11,17-20H2,3-4H3/t22?,25-,26-,27+,28+,30?,34?/m1/s1. The minimum Gasteiger partial charge on any atom is -0.465 e. The number of thioether (sulfide) groups is 1. The molecule has 3 heterocycles. The summed E-state index contributed by atoms with van der Waals surface area (Å²) in [6.07, 6.45) is 5.48. The third kappa shape index (κ3) is 5.21. The lowest BCUT2D eigenvalue weighted by molar-refractivity contribution is -0.155. The summed E-state index contributed by atoms with van der Waals surface area (Å²) in [5, 5.41) is 11.1. The molecule has 7 nitrogen and oxygen atoms in total. The van der Waals surface area contributed by atoms with Crippen LogP contribution in [0, 0.1) is 24.7 Å². The SMILES string of the molecule is C=CCCCOC(=O)[C@@H]1[C@H]2C(=O)N([C@H](CO)c3ccccc3)C(C(=O)N(CC=C)c3c(C)cccc3Cl)C23S[C@@H]1CC3C. The van der Waals surface area contributed by atoms with Crippen LogP contribution in [0.25, 0.3) is 0 Å². The number of amides is 2. The highest BCUT2D eigenvalue weighted by atomic mass is 35.5. The van der Waals surface area contributed by atoms with Gasteiger partial charge >= 0.3 is 5.97 Å². The van der Waals surface area contributed by atoms with Crippen LogP contribution in [0.1, 0.15) is 43.4 Å². The van der Waals surface area contributed by atoms with Gasteiger partial charge in [-0.25, -0.2) is 0 Å². The molecule has 2 aromatic carbocycles. The lowest BCUT2D eigenvalue weighted by Gasteiger charge is -2.42. The van der Waals surface area contributed by atoms with Crippen LogP contribution in [0.2, 0.25) is 5.02 Å². The minimum atomic E-state index is -0.957. The summed E-state index contributed by atoms with van der Waals surface area (Å²) in [5.74, 6) is -2.49. The van der Waals surface area contributed by atoms with Gasteiger partial charge in [-0.15, -0.1) is 24.9 Å². The number of aliphatic hydroxyl groups is 1. The molecule has 0 saturated carbocycles. The second-order valence-corrected chi connectivity index (χ2v) is 13.6. The Labute approximate surface area is 262 Å². The van der Waals surface area contributed by atoms with Crippen molar-refractivity contribution in [1.29, 1.82) is 0 Å². The summed E-state index contributed by atoms with van der Waals surface area (Å²) >= 11 is 8.27. The monoisotopic (exact) mass is 622 g/mol. The van der Waals surface area contributed by atoms with Crippen molar-refractivity contribution < 1.29 is 24.2 Å². The van der Waals surface area contributed by atoms with E-state index in [4.69, 9.17) is 16.3 Å². The zero-order valence-corrected chi connectivity index (χ0v) is 26.2. The number of nitrogens with zero attached hydrogens (tertiary/aromatic N) is 2. The van der Waals surface area contributed by atoms with Crippen LogP contribution in [0.15, 0.2) is 73.8 Å². The number of carbonyl (C=O) groups excluding carboxylic acids is 3. The number of esters is 1. The van der Waals surface area contributed by atoms with Crippen LogP contribution in [0.3, 0.4) is 0 Å². The van der Waals surface area contributed by atoms with Crippen LogP contribution in [-0.4, -0.2) is 63.6 Å². The fourth-order valence-corrected chi connectivity index (χ4v) is 10.1. The molecule has 43 heavy (non-hydrogen) atoms. The molecule has 3 fully saturated rings. The molecule has 0 aromatic heterocycles. The molecular weight excluding hydrogens is 584 g/mol. The zero-order valence-electron chi connectivity index (χ0n) is 24.7. The molecule has 7 atom stereocenters. The molecular formula is C34H39ClN2O5S. The number of likely N-dealkylation sites (tertiary alicyclic amines) is 1. The molecule has 9 heteroatoms. The Morgan fingerprint density at radius 1 is 1.21 bits per heavy atom. The molecule has 1 spiro atoms. The van der Waals surface area contributed by atoms with Gasteiger partial charge in [-0.1, -0.05) is 73.1 Å². The normalized spacial score (nSPS) is 28.0. The van der Waals surface area contributed by atoms with Gasteiger partial charge in [-0.3, -0.25) is 14.4 Å². The van der Waals surface area contributed by atoms with Crippen LogP contribution in [0.4, 0.5) is 5.69 Å². The number of ether oxygens (including phenoxy) is 1. The van der Waals surface area contributed by atoms with Crippen molar-refractivity contribution in [3.8, 4) is 0 Å². The first-order chi connectivity index (χ1) is 20.7. The van der Waals surface area contributed by atoms with Gasteiger partial charge in [0.2, 0.25) is 5.91 Å². The molecule has 228 valence electrons. The Hall–Kier alpha value is -3.07. The number of halogens is 1. The van der Waals surface area contributed by atoms with E-state index >= 15 is 4.79 Å². The number of para-hydroxylation sites is 1. The first-order valence-corrected chi connectivity index (χ1v) is 16.1. The highest BCUT2D eigenvalue weighted by Crippen LogP contribution is 2.69. The number of carbonyl (C=O) groups is 3. The van der Waals surface area contributed by atoms with E-state index < -0.39 is 34.6 Å². The zero-order chi connectivity index (χ0) is 30.9. The van der Waals surface area contributed by atoms with Crippen molar-refractivity contribution in [3.05, 3.63) is 90.0 Å². The number of aryl methyl sites for hydroxylation is 1. The fourth-order valence-electron chi connectivity index (χ4n) is 7.40. The number of fused-ring (bicyclic) bond motifs is 1. The van der Waals surface area contributed by atoms with E-state index in [1.807, 2.05) is 49.4 Å². The number of hydrogen-bond acceptors (Lipinski definition) is 6. The molecule has 3 aliphatic rings. The van der Waals surface area contributed by atoms with E-state index in [0.29, 0.717) is 29.1 Å². The van der Waals surface area contributed by atoms with Gasteiger partial charge in [0.1, 0.15) is 6.04 Å². The Bertz CT molecular complexity index is 1380. The fraction of sp³-hybridized carbons (Fsp3) is 0.441. The molecule has 2 aromatic rings. The molecule has 0 aliphatic carbocycles. The Morgan fingerprint density at radius 3 is 2.60 bits per heavy atom. The summed E-state index contributed by atoms with van der Waals surface area (Å²) in [7, 11) is 0. The Morgan fingerprint density at radius 2 is 1.95 bits per heavy atom. The quantitative estimate of drug-likeness (QED) is 0.184. The second-order valence-electron chi connectivity index (χ2n) is 11.6. The molecule has 1 N–H and O–H groups in total. The lowest BCUT2D eigenvalue weighted by atomic mass is 9.66. The van der Waals surface area contributed by atoms with E-state index in [1.54, 1.807) is 39.8 Å². The van der Waals surface area contributed by atoms with E-state index in [-0.39, 0.29) is 42.7 Å². The summed E-state index contributed by atoms with van der Waals surface area (Å²) in [6.45, 7) is 11.6. The van der Waals surface area contributed by atoms with Gasteiger partial charge in [0.25, 0.3) is 5.91 Å². The largest absolute Gasteiger partial charge is 0.465 e. The van der Waals surface area contributed by atoms with Crippen LogP contribution in [-0.2, 0) is 19.1 Å². The van der Waals surface area contributed by atoms with Crippen molar-refractivity contribution in [2.24, 2.45) is 17.8 Å². The third-order valence-corrected chi connectivity index (χ3v) is 11.6. The maximum absolute atomic E-state index is 15.0. The molecule has 3 saturated heterocycles. The molecule has 0 radical (unpaired) electrons. The van der Waals surface area contributed by atoms with E-state index in [1.165, 1.54) is 0 Å². The maximum Gasteiger partial charge on any atom is 0.310 e. The average molecular weight is 623 g/mol. The van der Waals surface area contributed by atoms with Crippen LogP contribution < -0.4 is 4.90 Å². The average Bonchev–Trinajstić information content (AvgIpc) is 3.59. The first-order valence-electron chi connectivity index (χ1n) is 14.8. The smallest absolute Gasteiger partial charge is 0.310 e. The van der Waals surface area contributed by atoms with Crippen molar-refractivity contribution in [3.63, 3.8) is 0 Å². The summed E-state index contributed by atoms with van der Waals surface area (Å²) < 4.78 is 4.82. The van der Waals surface area contributed by atoms with Crippen LogP contribution in [0.5, 0.6) is 0 Å². The third-order valence-electron chi connectivity index (χ3n) is 9.22. The number of benzene rings is 2.